The summed E-state index contributed by atoms with van der Waals surface area (Å²) in [6, 6.07) is -0.820. The van der Waals surface area contributed by atoms with E-state index in [-0.39, 0.29) is 6.61 Å². The van der Waals surface area contributed by atoms with E-state index in [0.29, 0.717) is 0 Å². The van der Waals surface area contributed by atoms with Crippen LogP contribution in [0, 0.1) is 0 Å². The quantitative estimate of drug-likeness (QED) is 0.529. The molecule has 0 saturated carbocycles. The molecule has 64 valence electrons. The average Bonchev–Trinajstić information content (AvgIpc) is 1.87. The Labute approximate surface area is 64.3 Å². The molecule has 0 rings (SSSR count). The first kappa shape index (κ1) is 9.90. The van der Waals surface area contributed by atoms with Gasteiger partial charge in [0.2, 0.25) is 0 Å². The second-order valence-electron chi connectivity index (χ2n) is 1.98. The van der Waals surface area contributed by atoms with Crippen LogP contribution in [0.4, 0.5) is 0 Å². The largest absolute Gasteiger partial charge is 0.480 e. The summed E-state index contributed by atoms with van der Waals surface area (Å²) in [7, 11) is 1.49. The molecule has 0 spiro atoms. The van der Waals surface area contributed by atoms with Gasteiger partial charge in [-0.1, -0.05) is 0 Å². The van der Waals surface area contributed by atoms with E-state index < -0.39 is 18.0 Å². The van der Waals surface area contributed by atoms with Crippen LogP contribution < -0.4 is 5.32 Å². The van der Waals surface area contributed by atoms with Crippen molar-refractivity contribution in [2.24, 2.45) is 0 Å². The monoisotopic (exact) mass is 161 g/mol. The van der Waals surface area contributed by atoms with Gasteiger partial charge in [-0.3, -0.25) is 9.59 Å². The molecule has 0 aliphatic heterocycles. The van der Waals surface area contributed by atoms with Crippen molar-refractivity contribution in [3.63, 3.8) is 0 Å². The van der Waals surface area contributed by atoms with Crippen molar-refractivity contribution in [1.82, 2.24) is 5.32 Å². The molecule has 0 heterocycles. The molecule has 2 N–H and O–H groups in total. The normalized spacial score (nSPS) is 12.2. The Bertz CT molecular complexity index is 157. The van der Waals surface area contributed by atoms with E-state index in [1.54, 1.807) is 0 Å². The van der Waals surface area contributed by atoms with Gasteiger partial charge in [-0.15, -0.1) is 0 Å². The lowest BCUT2D eigenvalue weighted by Crippen LogP contribution is -2.38. The molecule has 0 aliphatic carbocycles. The standard InChI is InChI=1S/C6H11NO4/c1-4(8)11-3-5(7-2)6(9)10/h5,7H,3H2,1-2H3,(H,9,10). The van der Waals surface area contributed by atoms with Gasteiger partial charge in [0.1, 0.15) is 12.6 Å². The van der Waals surface area contributed by atoms with Crippen LogP contribution in [-0.2, 0) is 14.3 Å². The second-order valence-corrected chi connectivity index (χ2v) is 1.98. The summed E-state index contributed by atoms with van der Waals surface area (Å²) in [5.41, 5.74) is 0. The minimum absolute atomic E-state index is 0.138. The number of carbonyl (C=O) groups excluding carboxylic acids is 1. The predicted molar refractivity (Wildman–Crippen MR) is 37.1 cm³/mol. The Morgan fingerprint density at radius 2 is 2.18 bits per heavy atom. The van der Waals surface area contributed by atoms with Gasteiger partial charge < -0.3 is 15.2 Å². The number of ether oxygens (including phenoxy) is 1. The molecule has 0 aromatic rings. The van der Waals surface area contributed by atoms with E-state index in [4.69, 9.17) is 5.11 Å². The number of likely N-dealkylation sites (N-methyl/N-ethyl adjacent to an activating group) is 1. The van der Waals surface area contributed by atoms with E-state index in [1.807, 2.05) is 0 Å². The van der Waals surface area contributed by atoms with Gasteiger partial charge in [-0.2, -0.15) is 0 Å². The van der Waals surface area contributed by atoms with Gasteiger partial charge in [0.05, 0.1) is 0 Å². The summed E-state index contributed by atoms with van der Waals surface area (Å²) in [6.45, 7) is 1.09. The summed E-state index contributed by atoms with van der Waals surface area (Å²) in [5.74, 6) is -1.51. The van der Waals surface area contributed by atoms with E-state index >= 15 is 0 Å². The number of nitrogens with one attached hydrogen (secondary N) is 1. The maximum atomic E-state index is 10.3. The second kappa shape index (κ2) is 4.68. The van der Waals surface area contributed by atoms with Crippen molar-refractivity contribution in [1.29, 1.82) is 0 Å². The third-order valence-electron chi connectivity index (χ3n) is 1.10. The molecule has 5 heteroatoms. The molecule has 0 aliphatic rings. The fourth-order valence-corrected chi connectivity index (χ4v) is 0.479. The molecule has 0 aromatic carbocycles. The van der Waals surface area contributed by atoms with Crippen molar-refractivity contribution in [2.75, 3.05) is 13.7 Å². The van der Waals surface area contributed by atoms with E-state index in [1.165, 1.54) is 14.0 Å². The number of hydrogen-bond donors (Lipinski definition) is 2. The third-order valence-corrected chi connectivity index (χ3v) is 1.10. The summed E-state index contributed by atoms with van der Waals surface area (Å²) in [5, 5.41) is 10.9. The number of carbonyl (C=O) groups is 2. The van der Waals surface area contributed by atoms with Crippen LogP contribution in [-0.4, -0.2) is 36.7 Å². The fourth-order valence-electron chi connectivity index (χ4n) is 0.479. The molecule has 5 nitrogen and oxygen atoms in total. The van der Waals surface area contributed by atoms with Crippen LogP contribution in [0.25, 0.3) is 0 Å². The number of carboxylic acid groups (broad SMARTS) is 1. The molecule has 0 fully saturated rings. The van der Waals surface area contributed by atoms with Crippen LogP contribution in [0.2, 0.25) is 0 Å². The minimum Gasteiger partial charge on any atom is -0.480 e. The lowest BCUT2D eigenvalue weighted by molar-refractivity contribution is -0.146. The van der Waals surface area contributed by atoms with Gasteiger partial charge in [-0.25, -0.2) is 0 Å². The van der Waals surface area contributed by atoms with Gasteiger partial charge in [0.25, 0.3) is 0 Å². The fraction of sp³-hybridized carbons (Fsp3) is 0.667. The van der Waals surface area contributed by atoms with Crippen molar-refractivity contribution < 1.29 is 19.4 Å². The highest BCUT2D eigenvalue weighted by Crippen LogP contribution is 1.85. The van der Waals surface area contributed by atoms with Crippen molar-refractivity contribution in [2.45, 2.75) is 13.0 Å². The molecule has 0 radical (unpaired) electrons. The molecule has 1 atom stereocenters. The zero-order chi connectivity index (χ0) is 8.85. The summed E-state index contributed by atoms with van der Waals surface area (Å²) in [6.07, 6.45) is 0. The molecular formula is C6H11NO4. The molecule has 0 saturated heterocycles. The van der Waals surface area contributed by atoms with Gasteiger partial charge in [0.15, 0.2) is 0 Å². The topological polar surface area (TPSA) is 75.6 Å². The highest BCUT2D eigenvalue weighted by molar-refractivity contribution is 5.74. The maximum absolute atomic E-state index is 10.3. The van der Waals surface area contributed by atoms with Crippen LogP contribution in [0.15, 0.2) is 0 Å². The minimum atomic E-state index is -1.03. The SMILES string of the molecule is CNC(COC(C)=O)C(=O)O. The number of carboxylic acids is 1. The first-order valence-corrected chi connectivity index (χ1v) is 3.11. The zero-order valence-corrected chi connectivity index (χ0v) is 6.46. The molecule has 0 aromatic heterocycles. The third kappa shape index (κ3) is 4.32. The summed E-state index contributed by atoms with van der Waals surface area (Å²) >= 11 is 0. The number of hydrogen-bond acceptors (Lipinski definition) is 4. The van der Waals surface area contributed by atoms with Crippen LogP contribution >= 0.6 is 0 Å². The number of rotatable bonds is 4. The van der Waals surface area contributed by atoms with Gasteiger partial charge >= 0.3 is 11.9 Å². The Balaban J connectivity index is 3.70. The lowest BCUT2D eigenvalue weighted by atomic mass is 10.3. The van der Waals surface area contributed by atoms with Crippen LogP contribution in [0.1, 0.15) is 6.92 Å². The van der Waals surface area contributed by atoms with Crippen LogP contribution in [0.3, 0.4) is 0 Å². The Hall–Kier alpha value is -1.10. The Kier molecular flexibility index (Phi) is 4.21. The number of aliphatic carboxylic acids is 1. The van der Waals surface area contributed by atoms with Crippen molar-refractivity contribution >= 4 is 11.9 Å². The highest BCUT2D eigenvalue weighted by Gasteiger charge is 2.15. The molecule has 0 amide bonds. The molecular weight excluding hydrogens is 150 g/mol. The summed E-state index contributed by atoms with van der Waals surface area (Å²) < 4.78 is 4.47. The summed E-state index contributed by atoms with van der Waals surface area (Å²) in [4.78, 5) is 20.5. The predicted octanol–water partition coefficient (Wildman–Crippen LogP) is -0.778. The van der Waals surface area contributed by atoms with Gasteiger partial charge in [-0.05, 0) is 7.05 Å². The van der Waals surface area contributed by atoms with E-state index in [2.05, 4.69) is 10.1 Å². The lowest BCUT2D eigenvalue weighted by Gasteiger charge is -2.09. The van der Waals surface area contributed by atoms with Crippen molar-refractivity contribution in [3.05, 3.63) is 0 Å². The van der Waals surface area contributed by atoms with E-state index in [9.17, 15) is 9.59 Å². The molecule has 11 heavy (non-hydrogen) atoms. The first-order chi connectivity index (χ1) is 5.07. The smallest absolute Gasteiger partial charge is 0.324 e. The Morgan fingerprint density at radius 1 is 1.64 bits per heavy atom. The number of esters is 1. The van der Waals surface area contributed by atoms with Crippen LogP contribution in [0.5, 0.6) is 0 Å². The van der Waals surface area contributed by atoms with Gasteiger partial charge in [0, 0.05) is 6.92 Å². The molecule has 1 unspecified atom stereocenters. The Morgan fingerprint density at radius 3 is 2.45 bits per heavy atom. The zero-order valence-electron chi connectivity index (χ0n) is 6.46. The first-order valence-electron chi connectivity index (χ1n) is 3.11. The molecule has 0 bridgehead atoms. The average molecular weight is 161 g/mol. The highest BCUT2D eigenvalue weighted by atomic mass is 16.5. The van der Waals surface area contributed by atoms with E-state index in [0.717, 1.165) is 0 Å². The maximum Gasteiger partial charge on any atom is 0.324 e. The van der Waals surface area contributed by atoms with Crippen molar-refractivity contribution in [3.8, 4) is 0 Å².